The van der Waals surface area contributed by atoms with Crippen molar-refractivity contribution in [3.05, 3.63) is 29.8 Å². The van der Waals surface area contributed by atoms with Crippen molar-refractivity contribution in [1.29, 1.82) is 0 Å². The number of likely N-dealkylation sites (tertiary alicyclic amines) is 1. The first-order chi connectivity index (χ1) is 10.7. The van der Waals surface area contributed by atoms with Gasteiger partial charge in [-0.25, -0.2) is 4.79 Å². The molecular weight excluding hydrogens is 280 g/mol. The van der Waals surface area contributed by atoms with Crippen LogP contribution in [0.2, 0.25) is 0 Å². The first-order valence-electron chi connectivity index (χ1n) is 7.90. The van der Waals surface area contributed by atoms with Crippen LogP contribution < -0.4 is 5.32 Å². The summed E-state index contributed by atoms with van der Waals surface area (Å²) in [6.07, 6.45) is 2.29. The minimum absolute atomic E-state index is 0.0102. The van der Waals surface area contributed by atoms with Gasteiger partial charge in [0.15, 0.2) is 0 Å². The fourth-order valence-corrected chi connectivity index (χ4v) is 2.65. The van der Waals surface area contributed by atoms with Crippen LogP contribution in [0.1, 0.15) is 25.3 Å². The zero-order chi connectivity index (χ0) is 15.8. The molecule has 1 saturated heterocycles. The molecule has 1 unspecified atom stereocenters. The number of urea groups is 1. The molecule has 1 aliphatic rings. The predicted octanol–water partition coefficient (Wildman–Crippen LogP) is 3.11. The van der Waals surface area contributed by atoms with Crippen molar-refractivity contribution in [1.82, 2.24) is 4.90 Å². The molecule has 1 N–H and O–H groups in total. The zero-order valence-corrected chi connectivity index (χ0v) is 13.5. The SMILES string of the molecule is COCCOCc1cccc(NC(=O)N2CCCC(C)C2)c1. The van der Waals surface area contributed by atoms with E-state index in [-0.39, 0.29) is 6.03 Å². The van der Waals surface area contributed by atoms with E-state index in [0.29, 0.717) is 25.7 Å². The molecule has 0 saturated carbocycles. The van der Waals surface area contributed by atoms with E-state index < -0.39 is 0 Å². The topological polar surface area (TPSA) is 50.8 Å². The molecule has 5 nitrogen and oxygen atoms in total. The van der Waals surface area contributed by atoms with Gasteiger partial charge in [-0.15, -0.1) is 0 Å². The monoisotopic (exact) mass is 306 g/mol. The Morgan fingerprint density at radius 3 is 3.05 bits per heavy atom. The van der Waals surface area contributed by atoms with Gasteiger partial charge < -0.3 is 19.7 Å². The molecule has 1 fully saturated rings. The number of amides is 2. The maximum atomic E-state index is 12.3. The van der Waals surface area contributed by atoms with Crippen LogP contribution in [0.3, 0.4) is 0 Å². The molecule has 2 amide bonds. The van der Waals surface area contributed by atoms with Gasteiger partial charge >= 0.3 is 6.03 Å². The summed E-state index contributed by atoms with van der Waals surface area (Å²) in [6.45, 7) is 5.55. The van der Waals surface area contributed by atoms with Gasteiger partial charge in [0.05, 0.1) is 19.8 Å². The number of hydrogen-bond acceptors (Lipinski definition) is 3. The zero-order valence-electron chi connectivity index (χ0n) is 13.5. The second-order valence-corrected chi connectivity index (χ2v) is 5.87. The van der Waals surface area contributed by atoms with Crippen LogP contribution in [0, 0.1) is 5.92 Å². The quantitative estimate of drug-likeness (QED) is 0.822. The third-order valence-corrected chi connectivity index (χ3v) is 3.82. The number of anilines is 1. The number of methoxy groups -OCH3 is 1. The lowest BCUT2D eigenvalue weighted by Crippen LogP contribution is -2.41. The van der Waals surface area contributed by atoms with Gasteiger partial charge in [0.25, 0.3) is 0 Å². The van der Waals surface area contributed by atoms with Crippen molar-refractivity contribution in [3.8, 4) is 0 Å². The molecule has 22 heavy (non-hydrogen) atoms. The van der Waals surface area contributed by atoms with Gasteiger partial charge in [-0.3, -0.25) is 0 Å². The van der Waals surface area contributed by atoms with Crippen LogP contribution in [-0.4, -0.2) is 44.3 Å². The fraction of sp³-hybridized carbons (Fsp3) is 0.588. The molecule has 1 aliphatic heterocycles. The summed E-state index contributed by atoms with van der Waals surface area (Å²) in [7, 11) is 1.65. The highest BCUT2D eigenvalue weighted by molar-refractivity contribution is 5.89. The Bertz CT molecular complexity index is 479. The van der Waals surface area contributed by atoms with Gasteiger partial charge in [0.2, 0.25) is 0 Å². The van der Waals surface area contributed by atoms with Crippen molar-refractivity contribution < 1.29 is 14.3 Å². The largest absolute Gasteiger partial charge is 0.382 e. The molecule has 0 spiro atoms. The van der Waals surface area contributed by atoms with Crippen LogP contribution >= 0.6 is 0 Å². The molecule has 2 rings (SSSR count). The van der Waals surface area contributed by atoms with E-state index in [4.69, 9.17) is 9.47 Å². The lowest BCUT2D eigenvalue weighted by Gasteiger charge is -2.31. The van der Waals surface area contributed by atoms with Crippen LogP contribution in [0.15, 0.2) is 24.3 Å². The van der Waals surface area contributed by atoms with E-state index in [1.807, 2.05) is 29.2 Å². The maximum Gasteiger partial charge on any atom is 0.321 e. The Balaban J connectivity index is 1.85. The highest BCUT2D eigenvalue weighted by Crippen LogP contribution is 2.17. The van der Waals surface area contributed by atoms with E-state index in [1.165, 1.54) is 6.42 Å². The average molecular weight is 306 g/mol. The maximum absolute atomic E-state index is 12.3. The van der Waals surface area contributed by atoms with E-state index in [1.54, 1.807) is 7.11 Å². The van der Waals surface area contributed by atoms with Crippen molar-refractivity contribution in [2.45, 2.75) is 26.4 Å². The molecule has 0 aromatic heterocycles. The van der Waals surface area contributed by atoms with Crippen molar-refractivity contribution in [2.24, 2.45) is 5.92 Å². The second kappa shape index (κ2) is 8.76. The summed E-state index contributed by atoms with van der Waals surface area (Å²) in [5, 5.41) is 2.98. The number of carbonyl (C=O) groups is 1. The molecule has 0 aliphatic carbocycles. The van der Waals surface area contributed by atoms with Gasteiger partial charge in [-0.1, -0.05) is 19.1 Å². The molecule has 1 atom stereocenters. The molecule has 1 aromatic rings. The fourth-order valence-electron chi connectivity index (χ4n) is 2.65. The van der Waals surface area contributed by atoms with Crippen molar-refractivity contribution in [2.75, 3.05) is 38.7 Å². The van der Waals surface area contributed by atoms with Gasteiger partial charge in [0.1, 0.15) is 0 Å². The van der Waals surface area contributed by atoms with E-state index >= 15 is 0 Å². The van der Waals surface area contributed by atoms with E-state index in [0.717, 1.165) is 30.8 Å². The number of piperidine rings is 1. The van der Waals surface area contributed by atoms with Gasteiger partial charge in [0, 0.05) is 25.9 Å². The van der Waals surface area contributed by atoms with Crippen molar-refractivity contribution >= 4 is 11.7 Å². The van der Waals surface area contributed by atoms with Gasteiger partial charge in [-0.05, 0) is 36.5 Å². The number of ether oxygens (including phenoxy) is 2. The normalized spacial score (nSPS) is 18.3. The Hall–Kier alpha value is -1.59. The first-order valence-corrected chi connectivity index (χ1v) is 7.90. The predicted molar refractivity (Wildman–Crippen MR) is 87.0 cm³/mol. The summed E-state index contributed by atoms with van der Waals surface area (Å²) in [4.78, 5) is 14.2. The highest BCUT2D eigenvalue weighted by atomic mass is 16.5. The summed E-state index contributed by atoms with van der Waals surface area (Å²) in [5.41, 5.74) is 1.86. The summed E-state index contributed by atoms with van der Waals surface area (Å²) in [6, 6.07) is 7.78. The number of hydrogen-bond donors (Lipinski definition) is 1. The third-order valence-electron chi connectivity index (χ3n) is 3.82. The van der Waals surface area contributed by atoms with Crippen LogP contribution in [0.5, 0.6) is 0 Å². The minimum atomic E-state index is -0.0102. The highest BCUT2D eigenvalue weighted by Gasteiger charge is 2.20. The average Bonchev–Trinajstić information content (AvgIpc) is 2.52. The number of benzene rings is 1. The van der Waals surface area contributed by atoms with Crippen LogP contribution in [0.4, 0.5) is 10.5 Å². The standard InChI is InChI=1S/C17H26N2O3/c1-14-5-4-8-19(12-14)17(20)18-16-7-3-6-15(11-16)13-22-10-9-21-2/h3,6-7,11,14H,4-5,8-10,12-13H2,1-2H3,(H,18,20). The lowest BCUT2D eigenvalue weighted by molar-refractivity contribution is 0.0617. The van der Waals surface area contributed by atoms with E-state index in [9.17, 15) is 4.79 Å². The third kappa shape index (κ3) is 5.31. The van der Waals surface area contributed by atoms with Crippen LogP contribution in [0.25, 0.3) is 0 Å². The molecular formula is C17H26N2O3. The van der Waals surface area contributed by atoms with Gasteiger partial charge in [-0.2, -0.15) is 0 Å². The van der Waals surface area contributed by atoms with E-state index in [2.05, 4.69) is 12.2 Å². The summed E-state index contributed by atoms with van der Waals surface area (Å²) < 4.78 is 10.4. The Morgan fingerprint density at radius 2 is 2.27 bits per heavy atom. The number of rotatable bonds is 6. The molecule has 5 heteroatoms. The molecule has 0 radical (unpaired) electrons. The Morgan fingerprint density at radius 1 is 1.41 bits per heavy atom. The molecule has 1 heterocycles. The van der Waals surface area contributed by atoms with Crippen molar-refractivity contribution in [3.63, 3.8) is 0 Å². The smallest absolute Gasteiger partial charge is 0.321 e. The lowest BCUT2D eigenvalue weighted by atomic mass is 10.0. The molecule has 122 valence electrons. The summed E-state index contributed by atoms with van der Waals surface area (Å²) in [5.74, 6) is 0.583. The second-order valence-electron chi connectivity index (χ2n) is 5.87. The summed E-state index contributed by atoms with van der Waals surface area (Å²) >= 11 is 0. The van der Waals surface area contributed by atoms with Crippen LogP contribution in [-0.2, 0) is 16.1 Å². The molecule has 1 aromatic carbocycles. The minimum Gasteiger partial charge on any atom is -0.382 e. The Kier molecular flexibility index (Phi) is 6.68. The number of carbonyl (C=O) groups excluding carboxylic acids is 1. The number of nitrogens with zero attached hydrogens (tertiary/aromatic N) is 1. The number of nitrogens with one attached hydrogen (secondary N) is 1. The molecule has 0 bridgehead atoms. The Labute approximate surface area is 132 Å². The first kappa shape index (κ1) is 16.8.